The van der Waals surface area contributed by atoms with E-state index in [0.29, 0.717) is 23.3 Å². The van der Waals surface area contributed by atoms with Crippen LogP contribution in [0, 0.1) is 0 Å². The summed E-state index contributed by atoms with van der Waals surface area (Å²) < 4.78 is 5.45. The second kappa shape index (κ2) is 7.76. The molecular weight excluding hydrogens is 300 g/mol. The standard InChI is InChI=1S/C12H13ClN4O2S/c13-9-1-3-10(4-2-9)19-6-5-14-11(18)7-20-12-15-8-16-17-12/h1-4,8H,5-7H2,(H,14,18)(H,15,16,17). The van der Waals surface area contributed by atoms with Gasteiger partial charge in [-0.1, -0.05) is 23.4 Å². The Labute approximate surface area is 125 Å². The van der Waals surface area contributed by atoms with Gasteiger partial charge < -0.3 is 10.1 Å². The highest BCUT2D eigenvalue weighted by atomic mass is 35.5. The van der Waals surface area contributed by atoms with Crippen molar-refractivity contribution in [2.24, 2.45) is 0 Å². The van der Waals surface area contributed by atoms with Crippen LogP contribution >= 0.6 is 23.4 Å². The van der Waals surface area contributed by atoms with Gasteiger partial charge in [-0.25, -0.2) is 4.98 Å². The Bertz CT molecular complexity index is 533. The second-order valence-electron chi connectivity index (χ2n) is 3.73. The summed E-state index contributed by atoms with van der Waals surface area (Å²) in [5.74, 6) is 0.932. The van der Waals surface area contributed by atoms with Gasteiger partial charge >= 0.3 is 0 Å². The fourth-order valence-electron chi connectivity index (χ4n) is 1.34. The zero-order chi connectivity index (χ0) is 14.2. The molecule has 1 heterocycles. The maximum Gasteiger partial charge on any atom is 0.230 e. The molecule has 0 aliphatic heterocycles. The minimum absolute atomic E-state index is 0.0777. The fraction of sp³-hybridized carbons (Fsp3) is 0.250. The fourth-order valence-corrected chi connectivity index (χ4v) is 2.07. The lowest BCUT2D eigenvalue weighted by Crippen LogP contribution is -2.29. The topological polar surface area (TPSA) is 79.9 Å². The van der Waals surface area contributed by atoms with Crippen molar-refractivity contribution >= 4 is 29.3 Å². The van der Waals surface area contributed by atoms with Gasteiger partial charge in [0.2, 0.25) is 5.91 Å². The van der Waals surface area contributed by atoms with E-state index < -0.39 is 0 Å². The van der Waals surface area contributed by atoms with E-state index in [-0.39, 0.29) is 11.7 Å². The highest BCUT2D eigenvalue weighted by Gasteiger charge is 2.04. The Morgan fingerprint density at radius 1 is 1.40 bits per heavy atom. The molecule has 0 radical (unpaired) electrons. The average molecular weight is 313 g/mol. The number of thioether (sulfide) groups is 1. The van der Waals surface area contributed by atoms with Crippen LogP contribution in [0.1, 0.15) is 0 Å². The minimum Gasteiger partial charge on any atom is -0.492 e. The molecule has 8 heteroatoms. The normalized spacial score (nSPS) is 10.2. The first kappa shape index (κ1) is 14.7. The lowest BCUT2D eigenvalue weighted by atomic mass is 10.3. The minimum atomic E-state index is -0.0777. The maximum atomic E-state index is 11.5. The Balaban J connectivity index is 1.58. The van der Waals surface area contributed by atoms with E-state index in [0.717, 1.165) is 5.75 Å². The van der Waals surface area contributed by atoms with Crippen LogP contribution in [0.15, 0.2) is 35.7 Å². The molecule has 0 saturated carbocycles. The monoisotopic (exact) mass is 312 g/mol. The number of nitrogens with one attached hydrogen (secondary N) is 2. The molecule has 0 bridgehead atoms. The molecule has 0 aliphatic rings. The molecule has 1 aromatic heterocycles. The molecule has 1 amide bonds. The molecule has 0 spiro atoms. The van der Waals surface area contributed by atoms with Gasteiger partial charge in [0.05, 0.1) is 12.3 Å². The Morgan fingerprint density at radius 3 is 2.90 bits per heavy atom. The first-order valence-corrected chi connectivity index (χ1v) is 7.23. The van der Waals surface area contributed by atoms with Crippen molar-refractivity contribution in [2.75, 3.05) is 18.9 Å². The van der Waals surface area contributed by atoms with Gasteiger partial charge in [-0.3, -0.25) is 9.89 Å². The first-order valence-electron chi connectivity index (χ1n) is 5.87. The van der Waals surface area contributed by atoms with Crippen molar-refractivity contribution in [1.29, 1.82) is 0 Å². The summed E-state index contributed by atoms with van der Waals surface area (Å²) >= 11 is 7.06. The van der Waals surface area contributed by atoms with E-state index in [9.17, 15) is 4.79 Å². The summed E-state index contributed by atoms with van der Waals surface area (Å²) in [6.45, 7) is 0.846. The molecule has 0 atom stereocenters. The van der Waals surface area contributed by atoms with Crippen LogP contribution in [-0.2, 0) is 4.79 Å². The van der Waals surface area contributed by atoms with E-state index in [1.165, 1.54) is 18.1 Å². The molecule has 0 saturated heterocycles. The molecule has 2 rings (SSSR count). The molecule has 0 aliphatic carbocycles. The smallest absolute Gasteiger partial charge is 0.230 e. The zero-order valence-electron chi connectivity index (χ0n) is 10.5. The molecule has 0 fully saturated rings. The molecule has 1 aromatic carbocycles. The third-order valence-corrected chi connectivity index (χ3v) is 3.37. The number of carbonyl (C=O) groups is 1. The lowest BCUT2D eigenvalue weighted by molar-refractivity contribution is -0.118. The number of amides is 1. The SMILES string of the molecule is O=C(CSc1ncn[nH]1)NCCOc1ccc(Cl)cc1. The third kappa shape index (κ3) is 5.10. The molecule has 2 aromatic rings. The van der Waals surface area contributed by atoms with Gasteiger partial charge in [-0.15, -0.1) is 0 Å². The molecule has 20 heavy (non-hydrogen) atoms. The first-order chi connectivity index (χ1) is 9.74. The van der Waals surface area contributed by atoms with E-state index in [4.69, 9.17) is 16.3 Å². The number of rotatable bonds is 7. The van der Waals surface area contributed by atoms with Crippen LogP contribution in [0.3, 0.4) is 0 Å². The summed E-state index contributed by atoms with van der Waals surface area (Å²) in [4.78, 5) is 15.4. The van der Waals surface area contributed by atoms with E-state index in [1.54, 1.807) is 24.3 Å². The van der Waals surface area contributed by atoms with Crippen LogP contribution < -0.4 is 10.1 Å². The lowest BCUT2D eigenvalue weighted by Gasteiger charge is -2.07. The van der Waals surface area contributed by atoms with Gasteiger partial charge in [-0.05, 0) is 24.3 Å². The highest BCUT2D eigenvalue weighted by Crippen LogP contribution is 2.15. The zero-order valence-corrected chi connectivity index (χ0v) is 12.1. The number of nitrogens with zero attached hydrogens (tertiary/aromatic N) is 2. The number of aromatic amines is 1. The van der Waals surface area contributed by atoms with E-state index in [2.05, 4.69) is 20.5 Å². The van der Waals surface area contributed by atoms with Gasteiger partial charge in [0.1, 0.15) is 18.7 Å². The molecule has 0 unspecified atom stereocenters. The largest absolute Gasteiger partial charge is 0.492 e. The summed E-state index contributed by atoms with van der Waals surface area (Å²) in [5.41, 5.74) is 0. The number of aromatic nitrogens is 3. The van der Waals surface area contributed by atoms with Gasteiger partial charge in [0.25, 0.3) is 0 Å². The summed E-state index contributed by atoms with van der Waals surface area (Å²) in [7, 11) is 0. The van der Waals surface area contributed by atoms with Crippen molar-refractivity contribution in [1.82, 2.24) is 20.5 Å². The van der Waals surface area contributed by atoms with Crippen molar-refractivity contribution in [3.63, 3.8) is 0 Å². The summed E-state index contributed by atoms with van der Waals surface area (Å²) in [5, 5.41) is 10.4. The van der Waals surface area contributed by atoms with Crippen molar-refractivity contribution in [3.05, 3.63) is 35.6 Å². The van der Waals surface area contributed by atoms with E-state index in [1.807, 2.05) is 0 Å². The molecule has 2 N–H and O–H groups in total. The second-order valence-corrected chi connectivity index (χ2v) is 5.13. The number of H-pyrrole nitrogens is 1. The van der Waals surface area contributed by atoms with Gasteiger partial charge in [0, 0.05) is 5.02 Å². The molecular formula is C12H13ClN4O2S. The van der Waals surface area contributed by atoms with Crippen LogP contribution in [-0.4, -0.2) is 40.0 Å². The van der Waals surface area contributed by atoms with Gasteiger partial charge in [0.15, 0.2) is 5.16 Å². The van der Waals surface area contributed by atoms with Crippen molar-refractivity contribution in [3.8, 4) is 5.75 Å². The van der Waals surface area contributed by atoms with E-state index >= 15 is 0 Å². The Kier molecular flexibility index (Phi) is 5.69. The van der Waals surface area contributed by atoms with Crippen molar-refractivity contribution in [2.45, 2.75) is 5.16 Å². The predicted molar refractivity (Wildman–Crippen MR) is 77.1 cm³/mol. The highest BCUT2D eigenvalue weighted by molar-refractivity contribution is 7.99. The third-order valence-electron chi connectivity index (χ3n) is 2.24. The van der Waals surface area contributed by atoms with Crippen LogP contribution in [0.25, 0.3) is 0 Å². The number of hydrogen-bond acceptors (Lipinski definition) is 5. The average Bonchev–Trinajstić information content (AvgIpc) is 2.96. The predicted octanol–water partition coefficient (Wildman–Crippen LogP) is 1.75. The maximum absolute atomic E-state index is 11.5. The number of benzene rings is 1. The summed E-state index contributed by atoms with van der Waals surface area (Å²) in [6, 6.07) is 7.07. The number of halogens is 1. The Hall–Kier alpha value is -1.73. The molecule has 6 nitrogen and oxygen atoms in total. The number of ether oxygens (including phenoxy) is 1. The Morgan fingerprint density at radius 2 is 2.20 bits per heavy atom. The van der Waals surface area contributed by atoms with Crippen LogP contribution in [0.5, 0.6) is 5.75 Å². The van der Waals surface area contributed by atoms with Gasteiger partial charge in [-0.2, -0.15) is 5.10 Å². The summed E-state index contributed by atoms with van der Waals surface area (Å²) in [6.07, 6.45) is 1.40. The number of carbonyl (C=O) groups excluding carboxylic acids is 1. The van der Waals surface area contributed by atoms with Crippen LogP contribution in [0.4, 0.5) is 0 Å². The number of hydrogen-bond donors (Lipinski definition) is 2. The molecule has 106 valence electrons. The quantitative estimate of drug-likeness (QED) is 0.601. The van der Waals surface area contributed by atoms with Crippen LogP contribution in [0.2, 0.25) is 5.02 Å². The van der Waals surface area contributed by atoms with Crippen molar-refractivity contribution < 1.29 is 9.53 Å².